The Hall–Kier alpha value is -1.63. The van der Waals surface area contributed by atoms with Crippen LogP contribution in [0.1, 0.15) is 93.9 Å². The summed E-state index contributed by atoms with van der Waals surface area (Å²) in [6.07, 6.45) is 3.01. The Bertz CT molecular complexity index is 498. The van der Waals surface area contributed by atoms with Crippen LogP contribution in [0.15, 0.2) is 0 Å². The molecule has 0 rings (SSSR count). The van der Waals surface area contributed by atoms with Gasteiger partial charge in [-0.3, -0.25) is 14.4 Å². The van der Waals surface area contributed by atoms with Gasteiger partial charge in [0.1, 0.15) is 19.8 Å². The van der Waals surface area contributed by atoms with Gasteiger partial charge in [-0.25, -0.2) is 0 Å². The van der Waals surface area contributed by atoms with E-state index in [-0.39, 0.29) is 50.4 Å². The monoisotopic (exact) mass is 472 g/mol. The van der Waals surface area contributed by atoms with Gasteiger partial charge in [0.05, 0.1) is 18.1 Å². The third kappa shape index (κ3) is 17.5. The minimum absolute atomic E-state index is 0.0500. The zero-order valence-electron chi connectivity index (χ0n) is 22.2. The van der Waals surface area contributed by atoms with Crippen LogP contribution in [0.4, 0.5) is 0 Å². The second-order valence-corrected chi connectivity index (χ2v) is 10.6. The predicted octanol–water partition coefficient (Wildman–Crippen LogP) is 5.34. The minimum Gasteiger partial charge on any atom is -0.465 e. The van der Waals surface area contributed by atoms with Crippen molar-refractivity contribution in [3.8, 4) is 0 Å². The number of rotatable bonds is 18. The van der Waals surface area contributed by atoms with Crippen molar-refractivity contribution in [1.82, 2.24) is 0 Å². The second kappa shape index (κ2) is 16.9. The first-order valence-corrected chi connectivity index (χ1v) is 12.4. The highest BCUT2D eigenvalue weighted by atomic mass is 16.6. The average molecular weight is 473 g/mol. The van der Waals surface area contributed by atoms with Gasteiger partial charge >= 0.3 is 17.9 Å². The molecule has 7 heteroatoms. The van der Waals surface area contributed by atoms with E-state index in [9.17, 15) is 14.4 Å². The molecule has 0 aliphatic heterocycles. The molecule has 0 aromatic rings. The topological polar surface area (TPSA) is 88.1 Å². The van der Waals surface area contributed by atoms with Crippen molar-refractivity contribution in [2.75, 3.05) is 26.4 Å². The lowest BCUT2D eigenvalue weighted by Crippen LogP contribution is -2.44. The first kappa shape index (κ1) is 31.4. The zero-order valence-corrected chi connectivity index (χ0v) is 22.2. The summed E-state index contributed by atoms with van der Waals surface area (Å²) in [4.78, 5) is 36.9. The summed E-state index contributed by atoms with van der Waals surface area (Å²) in [7, 11) is 0. The highest BCUT2D eigenvalue weighted by Gasteiger charge is 2.37. The quantitative estimate of drug-likeness (QED) is 0.197. The van der Waals surface area contributed by atoms with Gasteiger partial charge in [0, 0.05) is 19.3 Å². The van der Waals surface area contributed by atoms with Crippen molar-refractivity contribution in [3.63, 3.8) is 0 Å². The van der Waals surface area contributed by atoms with Crippen LogP contribution >= 0.6 is 0 Å². The molecule has 194 valence electrons. The van der Waals surface area contributed by atoms with Crippen LogP contribution in [-0.2, 0) is 33.3 Å². The van der Waals surface area contributed by atoms with Gasteiger partial charge in [0.25, 0.3) is 0 Å². The van der Waals surface area contributed by atoms with E-state index in [0.29, 0.717) is 37.0 Å². The molecule has 33 heavy (non-hydrogen) atoms. The van der Waals surface area contributed by atoms with Crippen molar-refractivity contribution >= 4 is 17.9 Å². The van der Waals surface area contributed by atoms with Crippen LogP contribution in [-0.4, -0.2) is 50.4 Å². The highest BCUT2D eigenvalue weighted by Crippen LogP contribution is 2.23. The molecule has 0 radical (unpaired) electrons. The van der Waals surface area contributed by atoms with Crippen LogP contribution in [0.25, 0.3) is 0 Å². The molecule has 0 aliphatic rings. The number of hydrogen-bond donors (Lipinski definition) is 0. The van der Waals surface area contributed by atoms with Crippen LogP contribution < -0.4 is 0 Å². The van der Waals surface area contributed by atoms with Crippen molar-refractivity contribution in [1.29, 1.82) is 0 Å². The summed E-state index contributed by atoms with van der Waals surface area (Å²) in [6.45, 7) is 16.0. The fourth-order valence-corrected chi connectivity index (χ4v) is 2.73. The lowest BCUT2D eigenvalue weighted by atomic mass is 9.92. The molecule has 0 saturated carbocycles. The summed E-state index contributed by atoms with van der Waals surface area (Å²) in [6, 6.07) is 0. The zero-order chi connectivity index (χ0) is 25.4. The summed E-state index contributed by atoms with van der Waals surface area (Å²) in [5.41, 5.74) is -0.960. The molecule has 0 saturated heterocycles. The van der Waals surface area contributed by atoms with Crippen molar-refractivity contribution < 1.29 is 33.3 Å². The number of hydrogen-bond acceptors (Lipinski definition) is 7. The molecule has 0 fully saturated rings. The molecule has 0 spiro atoms. The van der Waals surface area contributed by atoms with E-state index < -0.39 is 5.41 Å². The summed E-state index contributed by atoms with van der Waals surface area (Å²) < 4.78 is 22.5. The fourth-order valence-electron chi connectivity index (χ4n) is 2.73. The van der Waals surface area contributed by atoms with Crippen molar-refractivity contribution in [2.24, 2.45) is 23.2 Å². The van der Waals surface area contributed by atoms with Gasteiger partial charge < -0.3 is 18.9 Å². The third-order valence-corrected chi connectivity index (χ3v) is 5.12. The van der Waals surface area contributed by atoms with Crippen molar-refractivity contribution in [3.05, 3.63) is 0 Å². The van der Waals surface area contributed by atoms with Gasteiger partial charge in [-0.1, -0.05) is 41.5 Å². The molecule has 0 aliphatic carbocycles. The van der Waals surface area contributed by atoms with Gasteiger partial charge in [-0.2, -0.15) is 0 Å². The molecule has 7 nitrogen and oxygen atoms in total. The maximum Gasteiger partial charge on any atom is 0.305 e. The molecular formula is C26H48O7. The highest BCUT2D eigenvalue weighted by molar-refractivity contribution is 5.70. The Labute approximate surface area is 201 Å². The Morgan fingerprint density at radius 2 is 0.848 bits per heavy atom. The molecule has 0 aromatic carbocycles. The van der Waals surface area contributed by atoms with E-state index >= 15 is 0 Å². The summed E-state index contributed by atoms with van der Waals surface area (Å²) >= 11 is 0. The normalized spacial score (nSPS) is 12.0. The number of carbonyl (C=O) groups excluding carboxylic acids is 3. The van der Waals surface area contributed by atoms with Crippen LogP contribution in [0.2, 0.25) is 0 Å². The van der Waals surface area contributed by atoms with E-state index in [2.05, 4.69) is 0 Å². The Kier molecular flexibility index (Phi) is 16.1. The largest absolute Gasteiger partial charge is 0.465 e. The lowest BCUT2D eigenvalue weighted by Gasteiger charge is -2.32. The smallest absolute Gasteiger partial charge is 0.305 e. The molecule has 0 N–H and O–H groups in total. The molecule has 0 unspecified atom stereocenters. The van der Waals surface area contributed by atoms with E-state index in [1.165, 1.54) is 0 Å². The molecule has 0 bridgehead atoms. The lowest BCUT2D eigenvalue weighted by molar-refractivity contribution is -0.169. The van der Waals surface area contributed by atoms with Gasteiger partial charge in [-0.15, -0.1) is 0 Å². The first-order valence-electron chi connectivity index (χ1n) is 12.4. The minimum atomic E-state index is -0.960. The summed E-state index contributed by atoms with van der Waals surface area (Å²) in [5.74, 6) is 0.181. The molecular weight excluding hydrogens is 424 g/mol. The standard InChI is InChI=1S/C26H48O7/c1-19(2)9-12-23(27)31-16-26(15-30-22(7)8,17-32-24(28)13-10-20(3)4)18-33-25(29)14-11-21(5)6/h19-22H,9-18H2,1-8H3. The maximum absolute atomic E-state index is 12.3. The van der Waals surface area contributed by atoms with Crippen LogP contribution in [0.3, 0.4) is 0 Å². The van der Waals surface area contributed by atoms with Crippen LogP contribution in [0, 0.1) is 23.2 Å². The van der Waals surface area contributed by atoms with E-state index in [1.54, 1.807) is 0 Å². The first-order chi connectivity index (χ1) is 15.3. The Morgan fingerprint density at radius 1 is 0.545 bits per heavy atom. The van der Waals surface area contributed by atoms with Gasteiger partial charge in [0.2, 0.25) is 0 Å². The van der Waals surface area contributed by atoms with Gasteiger partial charge in [-0.05, 0) is 50.9 Å². The third-order valence-electron chi connectivity index (χ3n) is 5.12. The maximum atomic E-state index is 12.3. The molecule has 0 atom stereocenters. The van der Waals surface area contributed by atoms with Crippen molar-refractivity contribution in [2.45, 2.75) is 100 Å². The molecule has 0 heterocycles. The number of carbonyl (C=O) groups is 3. The Morgan fingerprint density at radius 3 is 1.09 bits per heavy atom. The van der Waals surface area contributed by atoms with Crippen LogP contribution in [0.5, 0.6) is 0 Å². The fraction of sp³-hybridized carbons (Fsp3) is 0.885. The number of esters is 3. The van der Waals surface area contributed by atoms with Gasteiger partial charge in [0.15, 0.2) is 0 Å². The second-order valence-electron chi connectivity index (χ2n) is 10.6. The summed E-state index contributed by atoms with van der Waals surface area (Å²) in [5, 5.41) is 0. The van der Waals surface area contributed by atoms with E-state index in [4.69, 9.17) is 18.9 Å². The number of ether oxygens (including phenoxy) is 4. The van der Waals surface area contributed by atoms with E-state index in [0.717, 1.165) is 19.3 Å². The Balaban J connectivity index is 5.34. The average Bonchev–Trinajstić information content (AvgIpc) is 2.73. The molecule has 0 amide bonds. The van der Waals surface area contributed by atoms with E-state index in [1.807, 2.05) is 55.4 Å². The molecule has 0 aromatic heterocycles. The SMILES string of the molecule is CC(C)CCC(=O)OCC(COC(=O)CCC(C)C)(COC(=O)CCC(C)C)COC(C)C. The predicted molar refractivity (Wildman–Crippen MR) is 129 cm³/mol.